The molecule has 21 nitrogen and oxygen atoms in total. The predicted octanol–water partition coefficient (Wildman–Crippen LogP) is 3.66. The van der Waals surface area contributed by atoms with Crippen LogP contribution in [0, 0.1) is 46.3 Å². The van der Waals surface area contributed by atoms with Crippen molar-refractivity contribution in [3.63, 3.8) is 0 Å². The zero-order valence-electron chi connectivity index (χ0n) is 38.9. The van der Waals surface area contributed by atoms with Crippen molar-refractivity contribution in [1.29, 1.82) is 0 Å². The van der Waals surface area contributed by atoms with Crippen LogP contribution in [0.15, 0.2) is 34.5 Å². The lowest BCUT2D eigenvalue weighted by Gasteiger charge is -2.62. The smallest absolute Gasteiger partial charge is 0.392 e. The molecule has 4 saturated carbocycles. The Kier molecular flexibility index (Phi) is 14.4. The minimum atomic E-state index is -4.45. The van der Waals surface area contributed by atoms with Gasteiger partial charge in [-0.15, -0.1) is 0 Å². The Morgan fingerprint density at radius 2 is 1.84 bits per heavy atom. The normalized spacial score (nSPS) is 39.2. The average Bonchev–Trinajstić information content (AvgIpc) is 4.09. The lowest BCUT2D eigenvalue weighted by atomic mass is 9.43. The van der Waals surface area contributed by atoms with E-state index in [9.17, 15) is 39.4 Å². The third-order valence-corrected chi connectivity index (χ3v) is 20.5. The van der Waals surface area contributed by atoms with Crippen LogP contribution in [-0.4, -0.2) is 124 Å². The van der Waals surface area contributed by atoms with E-state index < -0.39 is 92.2 Å². The van der Waals surface area contributed by atoms with Crippen molar-refractivity contribution in [3.05, 3.63) is 45.8 Å². The number of imidazole rings is 1. The van der Waals surface area contributed by atoms with Crippen molar-refractivity contribution in [2.24, 2.45) is 46.3 Å². The molecule has 6 aliphatic rings. The first-order valence-electron chi connectivity index (χ1n) is 23.9. The number of nitrogens with two attached hydrogens (primary N) is 1. The summed E-state index contributed by atoms with van der Waals surface area (Å²) in [6.07, 6.45) is 3.95. The second kappa shape index (κ2) is 19.7. The lowest BCUT2D eigenvalue weighted by Crippen LogP contribution is -2.58. The van der Waals surface area contributed by atoms with Crippen LogP contribution in [0.1, 0.15) is 104 Å². The Morgan fingerprint density at radius 3 is 2.60 bits per heavy atom. The summed E-state index contributed by atoms with van der Waals surface area (Å²) in [6, 6.07) is 1.11. The second-order valence-electron chi connectivity index (χ2n) is 20.5. The highest BCUT2D eigenvalue weighted by Crippen LogP contribution is 2.69. The summed E-state index contributed by atoms with van der Waals surface area (Å²) in [4.78, 5) is 52.7. The van der Waals surface area contributed by atoms with Gasteiger partial charge in [-0.3, -0.25) is 32.8 Å². The van der Waals surface area contributed by atoms with Crippen LogP contribution >= 0.6 is 18.2 Å². The van der Waals surface area contributed by atoms with Gasteiger partial charge in [0.2, 0.25) is 0 Å². The highest BCUT2D eigenvalue weighted by atomic mass is 32.7. The average molecular weight is 992 g/mol. The number of aliphatic hydroxyl groups is 4. The highest BCUT2D eigenvalue weighted by Gasteiger charge is 2.64. The number of carbonyl (C=O) groups excluding carboxylic acids is 1. The number of aromatic amines is 1. The fraction of sp³-hybridized carbons (Fsp3) is 0.778. The molecule has 0 aromatic carbocycles. The molecule has 13 unspecified atom stereocenters. The molecule has 5 heterocycles. The monoisotopic (exact) mass is 991 g/mol. The zero-order valence-corrected chi connectivity index (χ0v) is 40.6. The maximum Gasteiger partial charge on any atom is 0.392 e. The molecule has 2 aliphatic heterocycles. The Labute approximate surface area is 397 Å². The summed E-state index contributed by atoms with van der Waals surface area (Å²) in [5, 5.41) is 44.0. The van der Waals surface area contributed by atoms with E-state index in [1.54, 1.807) is 4.57 Å². The fourth-order valence-electron chi connectivity index (χ4n) is 13.5. The maximum absolute atomic E-state index is 14.9. The number of ether oxygens (including phenoxy) is 4. The number of hydrogen-bond acceptors (Lipinski definition) is 19. The molecular formula is C45H66N7O14PS. The quantitative estimate of drug-likeness (QED) is 0.0678. The Hall–Kier alpha value is -3.28. The number of rotatable bonds is 16. The number of anilines is 1. The molecule has 2 saturated heterocycles. The minimum absolute atomic E-state index is 0.0859. The Bertz CT molecular complexity index is 2460. The van der Waals surface area contributed by atoms with Crippen LogP contribution in [0.25, 0.3) is 11.2 Å². The van der Waals surface area contributed by atoms with E-state index in [-0.39, 0.29) is 47.4 Å². The number of H-pyrrole nitrogens is 1. The van der Waals surface area contributed by atoms with Crippen molar-refractivity contribution < 1.29 is 57.8 Å². The zero-order chi connectivity index (χ0) is 48.3. The molecule has 3 aromatic heterocycles. The number of methoxy groups -OCH3 is 1. The van der Waals surface area contributed by atoms with Gasteiger partial charge >= 0.3 is 18.5 Å². The fourth-order valence-corrected chi connectivity index (χ4v) is 16.4. The van der Waals surface area contributed by atoms with E-state index in [4.69, 9.17) is 33.7 Å². The summed E-state index contributed by atoms with van der Waals surface area (Å²) in [6.45, 7) is 1.28. The highest BCUT2D eigenvalue weighted by molar-refractivity contribution is 8.55. The van der Waals surface area contributed by atoms with Gasteiger partial charge in [0.25, 0.3) is 5.56 Å². The van der Waals surface area contributed by atoms with E-state index in [1.807, 2.05) is 0 Å². The number of fused-ring (bicyclic) bond motifs is 6. The number of aliphatic hydroxyl groups excluding tert-OH is 4. The summed E-state index contributed by atoms with van der Waals surface area (Å²) in [7, 11) is 1.31. The number of nitrogens with zero attached hydrogens (tertiary/aromatic N) is 5. The third-order valence-electron chi connectivity index (χ3n) is 17.1. The van der Waals surface area contributed by atoms with Gasteiger partial charge in [0, 0.05) is 43.6 Å². The molecule has 0 amide bonds. The number of nitrogen functional groups attached to an aromatic ring is 1. The first-order valence-corrected chi connectivity index (χ1v) is 27.1. The molecule has 0 spiro atoms. The van der Waals surface area contributed by atoms with Crippen LogP contribution in [0.5, 0.6) is 0 Å². The van der Waals surface area contributed by atoms with Gasteiger partial charge in [-0.2, -0.15) is 0 Å². The van der Waals surface area contributed by atoms with Crippen molar-refractivity contribution >= 4 is 41.1 Å². The van der Waals surface area contributed by atoms with Crippen LogP contribution in [-0.2, 0) is 37.4 Å². The van der Waals surface area contributed by atoms with Crippen molar-refractivity contribution in [3.8, 4) is 0 Å². The van der Waals surface area contributed by atoms with Gasteiger partial charge in [0.05, 0.1) is 37.9 Å². The summed E-state index contributed by atoms with van der Waals surface area (Å²) < 4.78 is 53.1. The standard InChI is InChI=1S/C45H66N7O14PS/c1-23(27-8-9-28-26-7-6-24-15-25(54)11-13-44(24,2)29(26)16-33(56)45(27,28)3)5-10-36(58)62-22-68-67(60,66-38-31(18-53)65-42(39(38)61-4)51-14-12-34(57)50-43(51)59)63-19-32-30(55)17-35(64-32)52-21-49-37-40(46)47-20-48-41(37)52/h12,14,20-21,23-33,35,38-39,42,53-56H,5-11,13,15-19,22H2,1-4H3,(H2,46,47,48)(H,50,57,59)/t23?,24?,25?,26?,27?,28?,29?,30?,31-,32-,33?,35-,38?,39+,42-,44?,45?,67?/m1/s1. The molecular weight excluding hydrogens is 926 g/mol. The largest absolute Gasteiger partial charge is 0.454 e. The summed E-state index contributed by atoms with van der Waals surface area (Å²) in [5.74, 6) is 1.40. The van der Waals surface area contributed by atoms with E-state index >= 15 is 0 Å². The van der Waals surface area contributed by atoms with Crippen LogP contribution < -0.4 is 17.0 Å². The Morgan fingerprint density at radius 1 is 1.03 bits per heavy atom. The molecule has 23 heteroatoms. The van der Waals surface area contributed by atoms with Gasteiger partial charge in [-0.05, 0) is 104 Å². The first-order chi connectivity index (χ1) is 32.5. The van der Waals surface area contributed by atoms with Gasteiger partial charge in [0.15, 0.2) is 17.7 Å². The molecule has 0 radical (unpaired) electrons. The molecule has 9 rings (SSSR count). The summed E-state index contributed by atoms with van der Waals surface area (Å²) >= 11 is 0.574. The van der Waals surface area contributed by atoms with E-state index in [2.05, 4.69) is 40.7 Å². The molecule has 0 bridgehead atoms. The number of esters is 1. The molecule has 7 N–H and O–H groups in total. The number of nitrogens with one attached hydrogen (secondary N) is 1. The third kappa shape index (κ3) is 9.14. The minimum Gasteiger partial charge on any atom is -0.454 e. The molecule has 18 atom stereocenters. The number of carbonyl (C=O) groups is 1. The van der Waals surface area contributed by atoms with Crippen molar-refractivity contribution in [2.45, 2.75) is 147 Å². The van der Waals surface area contributed by atoms with Crippen LogP contribution in [0.4, 0.5) is 5.82 Å². The summed E-state index contributed by atoms with van der Waals surface area (Å²) in [5.41, 5.74) is 5.12. The molecule has 68 heavy (non-hydrogen) atoms. The van der Waals surface area contributed by atoms with E-state index in [0.717, 1.165) is 62.0 Å². The Balaban J connectivity index is 0.853. The van der Waals surface area contributed by atoms with Crippen molar-refractivity contribution in [1.82, 2.24) is 29.1 Å². The molecule has 4 aliphatic carbocycles. The SMILES string of the molecule is CO[C@H]1C(OP(=O)(OC[C@H]2O[C@@H](n3cnc4c(N)ncnc43)CC2O)SCOC(=O)CCC(C)C2CCC3C4CCC5CC(O)CCC5(C)C4CC(O)C23C)[C@@H](CO)O[C@H]1n1ccc(=O)[nH]c1=O. The van der Waals surface area contributed by atoms with Gasteiger partial charge < -0.3 is 45.1 Å². The van der Waals surface area contributed by atoms with E-state index in [0.29, 0.717) is 52.6 Å². The van der Waals surface area contributed by atoms with Crippen molar-refractivity contribution in [2.75, 3.05) is 32.0 Å². The second-order valence-corrected chi connectivity index (χ2v) is 24.4. The topological polar surface area (TPSA) is 295 Å². The van der Waals surface area contributed by atoms with Gasteiger partial charge in [-0.25, -0.2) is 24.3 Å². The predicted molar refractivity (Wildman–Crippen MR) is 245 cm³/mol. The van der Waals surface area contributed by atoms with Crippen LogP contribution in [0.2, 0.25) is 0 Å². The molecule has 3 aromatic rings. The van der Waals surface area contributed by atoms with Gasteiger partial charge in [-0.1, -0.05) is 20.8 Å². The molecule has 376 valence electrons. The molecule has 6 fully saturated rings. The van der Waals surface area contributed by atoms with Crippen LogP contribution in [0.3, 0.4) is 0 Å². The number of hydrogen-bond donors (Lipinski definition) is 6. The first kappa shape index (κ1) is 49.7. The number of aromatic nitrogens is 6. The van der Waals surface area contributed by atoms with Gasteiger partial charge in [0.1, 0.15) is 48.4 Å². The lowest BCUT2D eigenvalue weighted by molar-refractivity contribution is -0.175. The maximum atomic E-state index is 14.9. The van der Waals surface area contributed by atoms with E-state index in [1.165, 1.54) is 26.0 Å².